The molecule has 0 radical (unpaired) electrons. The molecule has 0 bridgehead atoms. The Balaban J connectivity index is 2.10. The van der Waals surface area contributed by atoms with E-state index in [1.807, 2.05) is 6.92 Å². The van der Waals surface area contributed by atoms with Gasteiger partial charge in [-0.3, -0.25) is 9.36 Å². The number of aryl methyl sites for hydroxylation is 1. The molecule has 7 heteroatoms. The summed E-state index contributed by atoms with van der Waals surface area (Å²) in [5.41, 5.74) is 0.335. The molecule has 0 spiro atoms. The summed E-state index contributed by atoms with van der Waals surface area (Å²) in [5.74, 6) is -0.436. The van der Waals surface area contributed by atoms with Crippen molar-refractivity contribution in [1.82, 2.24) is 18.7 Å². The zero-order valence-electron chi connectivity index (χ0n) is 14.7. The third-order valence-electron chi connectivity index (χ3n) is 5.07. The van der Waals surface area contributed by atoms with Crippen molar-refractivity contribution in [3.05, 3.63) is 57.2 Å². The first-order valence-electron chi connectivity index (χ1n) is 9.10. The van der Waals surface area contributed by atoms with Crippen molar-refractivity contribution in [2.45, 2.75) is 51.6 Å². The first-order valence-corrected chi connectivity index (χ1v) is 9.10. The van der Waals surface area contributed by atoms with E-state index in [-0.39, 0.29) is 17.2 Å². The summed E-state index contributed by atoms with van der Waals surface area (Å²) in [6.07, 6.45) is 6.06. The quantitative estimate of drug-likeness (QED) is 0.722. The summed E-state index contributed by atoms with van der Waals surface area (Å²) in [7, 11) is 0. The molecule has 4 rings (SSSR count). The molecule has 26 heavy (non-hydrogen) atoms. The van der Waals surface area contributed by atoms with Gasteiger partial charge in [0.05, 0.1) is 12.0 Å². The van der Waals surface area contributed by atoms with Crippen LogP contribution in [0.1, 0.15) is 45.1 Å². The predicted molar refractivity (Wildman–Crippen MR) is 97.3 cm³/mol. The lowest BCUT2D eigenvalue weighted by atomic mass is 10.2. The van der Waals surface area contributed by atoms with Crippen LogP contribution >= 0.6 is 0 Å². The number of rotatable bonds is 4. The number of benzene rings is 1. The van der Waals surface area contributed by atoms with Crippen LogP contribution in [0.3, 0.4) is 0 Å². The average Bonchev–Trinajstić information content (AvgIpc) is 3.26. The number of nitrogens with zero attached hydrogens (tertiary/aromatic N) is 4. The molecule has 0 unspecified atom stereocenters. The van der Waals surface area contributed by atoms with Crippen LogP contribution in [0.25, 0.3) is 16.9 Å². The Morgan fingerprint density at radius 1 is 1.23 bits per heavy atom. The van der Waals surface area contributed by atoms with E-state index in [1.165, 1.54) is 21.3 Å². The minimum Gasteiger partial charge on any atom is -0.325 e. The van der Waals surface area contributed by atoms with Gasteiger partial charge in [0.15, 0.2) is 11.2 Å². The summed E-state index contributed by atoms with van der Waals surface area (Å²) in [4.78, 5) is 30.7. The molecule has 0 N–H and O–H groups in total. The van der Waals surface area contributed by atoms with E-state index in [4.69, 9.17) is 0 Å². The first-order chi connectivity index (χ1) is 12.6. The van der Waals surface area contributed by atoms with Gasteiger partial charge in [-0.05, 0) is 37.5 Å². The summed E-state index contributed by atoms with van der Waals surface area (Å²) in [6, 6.07) is 5.73. The van der Waals surface area contributed by atoms with Gasteiger partial charge in [0.25, 0.3) is 5.56 Å². The van der Waals surface area contributed by atoms with Gasteiger partial charge in [-0.2, -0.15) is 0 Å². The summed E-state index contributed by atoms with van der Waals surface area (Å²) in [5, 5.41) is 0. The lowest BCUT2D eigenvalue weighted by Gasteiger charge is -2.16. The minimum atomic E-state index is -0.443. The molecular weight excluding hydrogens is 335 g/mol. The van der Waals surface area contributed by atoms with Crippen LogP contribution in [0.5, 0.6) is 0 Å². The zero-order chi connectivity index (χ0) is 18.3. The maximum atomic E-state index is 13.8. The highest BCUT2D eigenvalue weighted by molar-refractivity contribution is 5.72. The normalized spacial score (nSPS) is 15.2. The minimum absolute atomic E-state index is 0.107. The van der Waals surface area contributed by atoms with Crippen LogP contribution in [0.2, 0.25) is 0 Å². The number of hydrogen-bond acceptors (Lipinski definition) is 3. The van der Waals surface area contributed by atoms with Gasteiger partial charge in [0, 0.05) is 12.6 Å². The topological polar surface area (TPSA) is 61.8 Å². The number of aromatic nitrogens is 4. The SMILES string of the molecule is CCCn1cnc2c1c(=O)n(C1CCCC1)c(=O)n2-c1cccc(F)c1. The van der Waals surface area contributed by atoms with Crippen molar-refractivity contribution in [3.63, 3.8) is 0 Å². The highest BCUT2D eigenvalue weighted by atomic mass is 19.1. The van der Waals surface area contributed by atoms with E-state index in [2.05, 4.69) is 4.98 Å². The van der Waals surface area contributed by atoms with E-state index in [1.54, 1.807) is 23.0 Å². The largest absolute Gasteiger partial charge is 0.337 e. The number of imidazole rings is 1. The van der Waals surface area contributed by atoms with Gasteiger partial charge in [-0.15, -0.1) is 0 Å². The van der Waals surface area contributed by atoms with E-state index in [0.717, 1.165) is 32.1 Å². The molecule has 0 saturated heterocycles. The van der Waals surface area contributed by atoms with Crippen LogP contribution in [-0.4, -0.2) is 18.7 Å². The molecule has 3 aromatic rings. The number of halogens is 1. The van der Waals surface area contributed by atoms with Gasteiger partial charge in [-0.1, -0.05) is 25.8 Å². The van der Waals surface area contributed by atoms with E-state index < -0.39 is 11.5 Å². The summed E-state index contributed by atoms with van der Waals surface area (Å²) >= 11 is 0. The van der Waals surface area contributed by atoms with E-state index in [9.17, 15) is 14.0 Å². The second-order valence-corrected chi connectivity index (χ2v) is 6.82. The van der Waals surface area contributed by atoms with E-state index >= 15 is 0 Å². The van der Waals surface area contributed by atoms with Gasteiger partial charge >= 0.3 is 5.69 Å². The van der Waals surface area contributed by atoms with Gasteiger partial charge in [0.2, 0.25) is 0 Å². The molecule has 1 aliphatic carbocycles. The molecule has 1 aromatic carbocycles. The van der Waals surface area contributed by atoms with Gasteiger partial charge in [-0.25, -0.2) is 18.7 Å². The highest BCUT2D eigenvalue weighted by Gasteiger charge is 2.26. The fraction of sp³-hybridized carbons (Fsp3) is 0.421. The smallest absolute Gasteiger partial charge is 0.325 e. The fourth-order valence-electron chi connectivity index (χ4n) is 3.90. The summed E-state index contributed by atoms with van der Waals surface area (Å²) < 4.78 is 18.3. The van der Waals surface area contributed by atoms with Crippen molar-refractivity contribution in [2.75, 3.05) is 0 Å². The first kappa shape index (κ1) is 16.8. The molecular formula is C19H21FN4O2. The lowest BCUT2D eigenvalue weighted by molar-refractivity contribution is 0.474. The van der Waals surface area contributed by atoms with Gasteiger partial charge in [0.1, 0.15) is 5.82 Å². The Morgan fingerprint density at radius 3 is 2.69 bits per heavy atom. The highest BCUT2D eigenvalue weighted by Crippen LogP contribution is 2.28. The standard InChI is InChI=1S/C19H21FN4O2/c1-2-10-22-12-21-17-16(22)18(25)24(14-7-3-4-8-14)19(26)23(17)15-9-5-6-13(20)11-15/h5-6,9,11-12,14H,2-4,7-8,10H2,1H3. The Bertz CT molecular complexity index is 1070. The lowest BCUT2D eigenvalue weighted by Crippen LogP contribution is -2.41. The predicted octanol–water partition coefficient (Wildman–Crippen LogP) is 3.01. The molecule has 0 atom stereocenters. The average molecular weight is 356 g/mol. The number of hydrogen-bond donors (Lipinski definition) is 0. The summed E-state index contributed by atoms with van der Waals surface area (Å²) in [6.45, 7) is 2.65. The van der Waals surface area contributed by atoms with Gasteiger partial charge < -0.3 is 4.57 Å². The third-order valence-corrected chi connectivity index (χ3v) is 5.07. The fourth-order valence-corrected chi connectivity index (χ4v) is 3.90. The van der Waals surface area contributed by atoms with Crippen molar-refractivity contribution in [1.29, 1.82) is 0 Å². The second-order valence-electron chi connectivity index (χ2n) is 6.82. The molecule has 2 heterocycles. The van der Waals surface area contributed by atoms with Crippen LogP contribution in [0, 0.1) is 5.82 Å². The van der Waals surface area contributed by atoms with Crippen LogP contribution < -0.4 is 11.2 Å². The van der Waals surface area contributed by atoms with Crippen molar-refractivity contribution >= 4 is 11.2 Å². The Labute approximate surface area is 149 Å². The molecule has 1 saturated carbocycles. The second kappa shape index (κ2) is 6.55. The number of fused-ring (bicyclic) bond motifs is 1. The zero-order valence-corrected chi connectivity index (χ0v) is 14.7. The molecule has 0 amide bonds. The molecule has 136 valence electrons. The third kappa shape index (κ3) is 2.58. The molecule has 2 aromatic heterocycles. The molecule has 0 aliphatic heterocycles. The monoisotopic (exact) mass is 356 g/mol. The van der Waals surface area contributed by atoms with Crippen LogP contribution in [0.4, 0.5) is 4.39 Å². The van der Waals surface area contributed by atoms with Crippen molar-refractivity contribution < 1.29 is 4.39 Å². The van der Waals surface area contributed by atoms with Crippen LogP contribution in [-0.2, 0) is 6.54 Å². The van der Waals surface area contributed by atoms with Crippen LogP contribution in [0.15, 0.2) is 40.2 Å². The van der Waals surface area contributed by atoms with E-state index in [0.29, 0.717) is 17.7 Å². The molecule has 1 fully saturated rings. The maximum absolute atomic E-state index is 13.8. The Morgan fingerprint density at radius 2 is 2.00 bits per heavy atom. The molecule has 1 aliphatic rings. The maximum Gasteiger partial charge on any atom is 0.337 e. The van der Waals surface area contributed by atoms with Crippen molar-refractivity contribution in [2.24, 2.45) is 0 Å². The Kier molecular flexibility index (Phi) is 4.22. The Hall–Kier alpha value is -2.70. The molecule has 6 nitrogen and oxygen atoms in total. The van der Waals surface area contributed by atoms with Crippen molar-refractivity contribution in [3.8, 4) is 5.69 Å².